The summed E-state index contributed by atoms with van der Waals surface area (Å²) < 4.78 is 15.4. The first kappa shape index (κ1) is 28.4. The van der Waals surface area contributed by atoms with Gasteiger partial charge in [-0.1, -0.05) is 20.8 Å². The number of nitrogens with one attached hydrogen (secondary N) is 1. The highest BCUT2D eigenvalue weighted by atomic mass is 16.5. The van der Waals surface area contributed by atoms with Gasteiger partial charge in [0.1, 0.15) is 0 Å². The molecular weight excluding hydrogens is 492 g/mol. The third-order valence-electron chi connectivity index (χ3n) is 5.61. The molecule has 2 aromatic rings. The molecule has 1 N–H and O–H groups in total. The summed E-state index contributed by atoms with van der Waals surface area (Å²) >= 11 is 0. The number of esters is 3. The zero-order valence-corrected chi connectivity index (χ0v) is 21.7. The number of benzene rings is 2. The van der Waals surface area contributed by atoms with Crippen LogP contribution in [0.4, 0.5) is 11.4 Å². The van der Waals surface area contributed by atoms with Gasteiger partial charge in [0.25, 0.3) is 5.91 Å². The lowest BCUT2D eigenvalue weighted by atomic mass is 10.1. The van der Waals surface area contributed by atoms with Crippen molar-refractivity contribution in [3.8, 4) is 0 Å². The van der Waals surface area contributed by atoms with Crippen LogP contribution in [-0.2, 0) is 28.6 Å². The molecule has 38 heavy (non-hydrogen) atoms. The van der Waals surface area contributed by atoms with Crippen LogP contribution in [0.3, 0.4) is 0 Å². The van der Waals surface area contributed by atoms with E-state index >= 15 is 0 Å². The number of amides is 2. The number of nitrogens with zero attached hydrogens (tertiary/aromatic N) is 1. The van der Waals surface area contributed by atoms with Crippen LogP contribution >= 0.6 is 0 Å². The summed E-state index contributed by atoms with van der Waals surface area (Å²) in [5.74, 6) is -2.86. The third kappa shape index (κ3) is 7.89. The van der Waals surface area contributed by atoms with Crippen LogP contribution < -0.4 is 10.2 Å². The standard InChI is InChI=1S/C28H32N2O8/c1-4-13-36-26(33)20-7-11-23(12-8-20)30-15-21(14-25(30)32)28(35)38-17-24(31)29-22-9-5-19(6-10-22)27(34)37-16-18(2)3/h5-12,18,21H,4,13-17H2,1-3H3,(H,29,31)/t21-/m0/s1. The second-order valence-electron chi connectivity index (χ2n) is 9.31. The first-order valence-corrected chi connectivity index (χ1v) is 12.5. The zero-order chi connectivity index (χ0) is 27.7. The summed E-state index contributed by atoms with van der Waals surface area (Å²) in [7, 11) is 0. The number of hydrogen-bond acceptors (Lipinski definition) is 8. The molecule has 2 aromatic carbocycles. The Kier molecular flexibility index (Phi) is 9.98. The van der Waals surface area contributed by atoms with Crippen LogP contribution in [0.1, 0.15) is 54.3 Å². The van der Waals surface area contributed by atoms with Crippen LogP contribution in [0.5, 0.6) is 0 Å². The van der Waals surface area contributed by atoms with Crippen molar-refractivity contribution in [1.82, 2.24) is 0 Å². The maximum atomic E-state index is 12.5. The van der Waals surface area contributed by atoms with Gasteiger partial charge in [-0.3, -0.25) is 14.4 Å². The Balaban J connectivity index is 1.46. The van der Waals surface area contributed by atoms with Crippen LogP contribution in [0.25, 0.3) is 0 Å². The van der Waals surface area contributed by atoms with Crippen molar-refractivity contribution in [2.75, 3.05) is 36.6 Å². The molecule has 1 saturated heterocycles. The lowest BCUT2D eigenvalue weighted by molar-refractivity contribution is -0.151. The highest BCUT2D eigenvalue weighted by molar-refractivity contribution is 6.00. The van der Waals surface area contributed by atoms with Gasteiger partial charge in [-0.05, 0) is 60.9 Å². The molecule has 202 valence electrons. The van der Waals surface area contributed by atoms with Gasteiger partial charge in [-0.2, -0.15) is 0 Å². The molecule has 2 amide bonds. The molecule has 0 aliphatic carbocycles. The minimum atomic E-state index is -0.722. The van der Waals surface area contributed by atoms with E-state index in [2.05, 4.69) is 5.32 Å². The van der Waals surface area contributed by atoms with Gasteiger partial charge < -0.3 is 24.4 Å². The number of carbonyl (C=O) groups is 5. The molecule has 0 unspecified atom stereocenters. The number of hydrogen-bond donors (Lipinski definition) is 1. The Morgan fingerprint density at radius 1 is 0.921 bits per heavy atom. The summed E-state index contributed by atoms with van der Waals surface area (Å²) in [6.45, 7) is 6.00. The SMILES string of the molecule is CCCOC(=O)c1ccc(N2C[C@@H](C(=O)OCC(=O)Nc3ccc(C(=O)OCC(C)C)cc3)CC2=O)cc1. The topological polar surface area (TPSA) is 128 Å². The number of ether oxygens (including phenoxy) is 3. The Bertz CT molecular complexity index is 1160. The Labute approximate surface area is 221 Å². The van der Waals surface area contributed by atoms with E-state index in [1.165, 1.54) is 17.0 Å². The molecule has 1 fully saturated rings. The lowest BCUT2D eigenvalue weighted by Crippen LogP contribution is -2.28. The molecular formula is C28H32N2O8. The Morgan fingerprint density at radius 2 is 1.53 bits per heavy atom. The lowest BCUT2D eigenvalue weighted by Gasteiger charge is -2.17. The second-order valence-corrected chi connectivity index (χ2v) is 9.31. The van der Waals surface area contributed by atoms with E-state index in [1.54, 1.807) is 36.4 Å². The molecule has 10 heteroatoms. The quantitative estimate of drug-likeness (QED) is 0.349. The first-order valence-electron chi connectivity index (χ1n) is 12.5. The molecule has 1 aliphatic heterocycles. The molecule has 0 spiro atoms. The molecule has 1 aliphatic rings. The van der Waals surface area contributed by atoms with Crippen LogP contribution in [-0.4, -0.2) is 56.1 Å². The molecule has 1 atom stereocenters. The minimum absolute atomic E-state index is 0.0465. The summed E-state index contributed by atoms with van der Waals surface area (Å²) in [6, 6.07) is 12.5. The summed E-state index contributed by atoms with van der Waals surface area (Å²) in [6.07, 6.45) is 0.671. The minimum Gasteiger partial charge on any atom is -0.462 e. The second kappa shape index (κ2) is 13.4. The molecule has 1 heterocycles. The van der Waals surface area contributed by atoms with Crippen molar-refractivity contribution < 1.29 is 38.2 Å². The van der Waals surface area contributed by atoms with Crippen LogP contribution in [0.15, 0.2) is 48.5 Å². The van der Waals surface area contributed by atoms with Crippen molar-refractivity contribution in [2.45, 2.75) is 33.6 Å². The van der Waals surface area contributed by atoms with Crippen molar-refractivity contribution in [3.05, 3.63) is 59.7 Å². The average Bonchev–Trinajstić information content (AvgIpc) is 3.31. The molecule has 10 nitrogen and oxygen atoms in total. The fraction of sp³-hybridized carbons (Fsp3) is 0.393. The predicted molar refractivity (Wildman–Crippen MR) is 139 cm³/mol. The van der Waals surface area contributed by atoms with E-state index < -0.39 is 36.3 Å². The normalized spacial score (nSPS) is 14.8. The summed E-state index contributed by atoms with van der Waals surface area (Å²) in [5, 5.41) is 2.59. The molecule has 0 saturated carbocycles. The van der Waals surface area contributed by atoms with Crippen molar-refractivity contribution in [1.29, 1.82) is 0 Å². The average molecular weight is 525 g/mol. The van der Waals surface area contributed by atoms with Crippen molar-refractivity contribution in [2.24, 2.45) is 11.8 Å². The van der Waals surface area contributed by atoms with Gasteiger partial charge in [-0.25, -0.2) is 9.59 Å². The summed E-state index contributed by atoms with van der Waals surface area (Å²) in [5.41, 5.74) is 1.70. The van der Waals surface area contributed by atoms with Gasteiger partial charge in [0, 0.05) is 24.3 Å². The van der Waals surface area contributed by atoms with Gasteiger partial charge in [0.05, 0.1) is 30.3 Å². The Morgan fingerprint density at radius 3 is 2.13 bits per heavy atom. The molecule has 0 bridgehead atoms. The maximum absolute atomic E-state index is 12.5. The van der Waals surface area contributed by atoms with E-state index in [1.807, 2.05) is 20.8 Å². The van der Waals surface area contributed by atoms with Crippen LogP contribution in [0, 0.1) is 11.8 Å². The largest absolute Gasteiger partial charge is 0.462 e. The van der Waals surface area contributed by atoms with Crippen LogP contribution in [0.2, 0.25) is 0 Å². The molecule has 3 rings (SSSR count). The summed E-state index contributed by atoms with van der Waals surface area (Å²) in [4.78, 5) is 62.6. The third-order valence-corrected chi connectivity index (χ3v) is 5.61. The monoisotopic (exact) mass is 524 g/mol. The smallest absolute Gasteiger partial charge is 0.338 e. The fourth-order valence-corrected chi connectivity index (χ4v) is 3.64. The number of carbonyl (C=O) groups excluding carboxylic acids is 5. The fourth-order valence-electron chi connectivity index (χ4n) is 3.64. The zero-order valence-electron chi connectivity index (χ0n) is 21.7. The molecule has 0 radical (unpaired) electrons. The van der Waals surface area contributed by atoms with E-state index in [4.69, 9.17) is 14.2 Å². The van der Waals surface area contributed by atoms with Gasteiger partial charge in [-0.15, -0.1) is 0 Å². The highest BCUT2D eigenvalue weighted by Gasteiger charge is 2.36. The van der Waals surface area contributed by atoms with Gasteiger partial charge >= 0.3 is 17.9 Å². The number of rotatable bonds is 11. The first-order chi connectivity index (χ1) is 18.2. The van der Waals surface area contributed by atoms with E-state index in [9.17, 15) is 24.0 Å². The van der Waals surface area contributed by atoms with E-state index in [-0.39, 0.29) is 24.8 Å². The van der Waals surface area contributed by atoms with Gasteiger partial charge in [0.15, 0.2) is 6.61 Å². The molecule has 0 aromatic heterocycles. The predicted octanol–water partition coefficient (Wildman–Crippen LogP) is 3.60. The maximum Gasteiger partial charge on any atom is 0.338 e. The van der Waals surface area contributed by atoms with E-state index in [0.29, 0.717) is 35.7 Å². The van der Waals surface area contributed by atoms with Crippen molar-refractivity contribution >= 4 is 41.1 Å². The highest BCUT2D eigenvalue weighted by Crippen LogP contribution is 2.26. The van der Waals surface area contributed by atoms with Gasteiger partial charge in [0.2, 0.25) is 5.91 Å². The Hall–Kier alpha value is -4.21. The van der Waals surface area contributed by atoms with Crippen molar-refractivity contribution in [3.63, 3.8) is 0 Å². The number of anilines is 2. The van der Waals surface area contributed by atoms with E-state index in [0.717, 1.165) is 6.42 Å².